The highest BCUT2D eigenvalue weighted by molar-refractivity contribution is 7.89. The summed E-state index contributed by atoms with van der Waals surface area (Å²) in [6.45, 7) is 6.24. The molecule has 174 valence electrons. The molecule has 0 bridgehead atoms. The highest BCUT2D eigenvalue weighted by atomic mass is 32.2. The van der Waals surface area contributed by atoms with Crippen LogP contribution in [0.5, 0.6) is 5.75 Å². The second-order valence-electron chi connectivity index (χ2n) is 8.14. The first-order valence-corrected chi connectivity index (χ1v) is 12.4. The molecule has 0 fully saturated rings. The third-order valence-corrected chi connectivity index (χ3v) is 6.72. The Hall–Kier alpha value is -3.16. The van der Waals surface area contributed by atoms with Crippen molar-refractivity contribution < 1.29 is 17.9 Å². The normalized spacial score (nSPS) is 11.4. The van der Waals surface area contributed by atoms with Crippen molar-refractivity contribution in [3.63, 3.8) is 0 Å². The van der Waals surface area contributed by atoms with E-state index in [-0.39, 0.29) is 23.3 Å². The van der Waals surface area contributed by atoms with E-state index in [2.05, 4.69) is 23.9 Å². The number of anilines is 1. The number of rotatable bonds is 10. The summed E-state index contributed by atoms with van der Waals surface area (Å²) in [5.41, 5.74) is 3.93. The van der Waals surface area contributed by atoms with Crippen LogP contribution in [-0.2, 0) is 21.2 Å². The van der Waals surface area contributed by atoms with Crippen LogP contribution < -0.4 is 14.8 Å². The Morgan fingerprint density at radius 3 is 2.30 bits per heavy atom. The molecular formula is C26H30N2O4S. The molecule has 0 aromatic heterocycles. The van der Waals surface area contributed by atoms with Crippen LogP contribution in [0.3, 0.4) is 0 Å². The van der Waals surface area contributed by atoms with Crippen LogP contribution in [0.1, 0.15) is 36.5 Å². The van der Waals surface area contributed by atoms with Crippen LogP contribution in [0, 0.1) is 6.92 Å². The summed E-state index contributed by atoms with van der Waals surface area (Å²) in [5, 5.41) is 2.93. The largest absolute Gasteiger partial charge is 0.484 e. The number of benzene rings is 3. The highest BCUT2D eigenvalue weighted by Crippen LogP contribution is 2.27. The van der Waals surface area contributed by atoms with Crippen molar-refractivity contribution in [2.45, 2.75) is 38.0 Å². The Morgan fingerprint density at radius 1 is 0.939 bits per heavy atom. The molecule has 0 aliphatic carbocycles. The van der Waals surface area contributed by atoms with Gasteiger partial charge in [0.2, 0.25) is 10.0 Å². The van der Waals surface area contributed by atoms with Crippen LogP contribution in [0.2, 0.25) is 0 Å². The van der Waals surface area contributed by atoms with E-state index < -0.39 is 10.0 Å². The lowest BCUT2D eigenvalue weighted by Gasteiger charge is -2.16. The molecule has 2 N–H and O–H groups in total. The van der Waals surface area contributed by atoms with E-state index in [1.54, 1.807) is 12.1 Å². The number of amides is 1. The third-order valence-electron chi connectivity index (χ3n) is 5.24. The molecule has 0 saturated heterocycles. The lowest BCUT2D eigenvalue weighted by atomic mass is 9.98. The fourth-order valence-electron chi connectivity index (χ4n) is 3.44. The van der Waals surface area contributed by atoms with Gasteiger partial charge in [0.25, 0.3) is 5.91 Å². The van der Waals surface area contributed by atoms with Gasteiger partial charge in [0, 0.05) is 12.2 Å². The van der Waals surface area contributed by atoms with Crippen molar-refractivity contribution in [1.29, 1.82) is 0 Å². The van der Waals surface area contributed by atoms with Gasteiger partial charge in [-0.15, -0.1) is 0 Å². The molecule has 0 radical (unpaired) electrons. The maximum absolute atomic E-state index is 12.5. The molecule has 0 aliphatic rings. The average molecular weight is 467 g/mol. The van der Waals surface area contributed by atoms with Gasteiger partial charge in [0.1, 0.15) is 5.75 Å². The first kappa shape index (κ1) is 24.5. The second-order valence-corrected chi connectivity index (χ2v) is 9.90. The molecule has 1 amide bonds. The Balaban J connectivity index is 1.53. The van der Waals surface area contributed by atoms with Gasteiger partial charge in [0.15, 0.2) is 6.61 Å². The van der Waals surface area contributed by atoms with Gasteiger partial charge in [-0.05, 0) is 60.2 Å². The highest BCUT2D eigenvalue weighted by Gasteiger charge is 2.15. The van der Waals surface area contributed by atoms with Gasteiger partial charge in [0.05, 0.1) is 4.90 Å². The lowest BCUT2D eigenvalue weighted by molar-refractivity contribution is -0.118. The Kier molecular flexibility index (Phi) is 8.25. The third kappa shape index (κ3) is 6.91. The fourth-order valence-corrected chi connectivity index (χ4v) is 4.47. The minimum Gasteiger partial charge on any atom is -0.484 e. The van der Waals surface area contributed by atoms with Gasteiger partial charge in [-0.1, -0.05) is 62.4 Å². The van der Waals surface area contributed by atoms with E-state index in [0.717, 1.165) is 22.4 Å². The Morgan fingerprint density at radius 2 is 1.64 bits per heavy atom. The molecule has 0 spiro atoms. The Bertz CT molecular complexity index is 1170. The molecule has 0 heterocycles. The molecule has 3 aromatic carbocycles. The monoisotopic (exact) mass is 466 g/mol. The van der Waals surface area contributed by atoms with Crippen LogP contribution in [0.15, 0.2) is 77.7 Å². The van der Waals surface area contributed by atoms with Crippen molar-refractivity contribution in [2.75, 3.05) is 18.5 Å². The summed E-state index contributed by atoms with van der Waals surface area (Å²) < 4.78 is 33.2. The Labute approximate surface area is 196 Å². The SMILES string of the molecule is Cc1cccc(C(C)C)c1NC(=O)COc1ccc(S(=O)(=O)NCCc2ccccc2)cc1. The molecule has 0 atom stereocenters. The summed E-state index contributed by atoms with van der Waals surface area (Å²) in [6.07, 6.45) is 0.607. The smallest absolute Gasteiger partial charge is 0.262 e. The second kappa shape index (κ2) is 11.1. The maximum Gasteiger partial charge on any atom is 0.262 e. The van der Waals surface area contributed by atoms with Crippen molar-refractivity contribution >= 4 is 21.6 Å². The number of hydrogen-bond acceptors (Lipinski definition) is 4. The predicted molar refractivity (Wildman–Crippen MR) is 131 cm³/mol. The van der Waals surface area contributed by atoms with Crippen molar-refractivity contribution in [3.8, 4) is 5.75 Å². The minimum absolute atomic E-state index is 0.147. The minimum atomic E-state index is -3.62. The number of hydrogen-bond donors (Lipinski definition) is 2. The summed E-state index contributed by atoms with van der Waals surface area (Å²) in [7, 11) is -3.62. The number of aryl methyl sites for hydroxylation is 1. The molecular weight excluding hydrogens is 436 g/mol. The van der Waals surface area contributed by atoms with Crippen molar-refractivity contribution in [3.05, 3.63) is 89.5 Å². The molecule has 3 rings (SSSR count). The van der Waals surface area contributed by atoms with E-state index in [1.807, 2.05) is 55.5 Å². The van der Waals surface area contributed by atoms with E-state index in [1.165, 1.54) is 12.1 Å². The van der Waals surface area contributed by atoms with Gasteiger partial charge >= 0.3 is 0 Å². The van der Waals surface area contributed by atoms with Crippen LogP contribution >= 0.6 is 0 Å². The summed E-state index contributed by atoms with van der Waals surface area (Å²) >= 11 is 0. The molecule has 33 heavy (non-hydrogen) atoms. The van der Waals surface area contributed by atoms with Crippen LogP contribution in [-0.4, -0.2) is 27.5 Å². The standard InChI is InChI=1S/C26H30N2O4S/c1-19(2)24-11-7-8-20(3)26(24)28-25(29)18-32-22-12-14-23(15-13-22)33(30,31)27-17-16-21-9-5-4-6-10-21/h4-15,19,27H,16-18H2,1-3H3,(H,28,29). The number of nitrogens with one attached hydrogen (secondary N) is 2. The number of sulfonamides is 1. The average Bonchev–Trinajstić information content (AvgIpc) is 2.80. The number of carbonyl (C=O) groups is 1. The molecule has 0 unspecified atom stereocenters. The van der Waals surface area contributed by atoms with Gasteiger partial charge in [-0.2, -0.15) is 0 Å². The number of para-hydroxylation sites is 1. The van der Waals surface area contributed by atoms with Crippen molar-refractivity contribution in [2.24, 2.45) is 0 Å². The van der Waals surface area contributed by atoms with Crippen LogP contribution in [0.4, 0.5) is 5.69 Å². The summed E-state index contributed by atoms with van der Waals surface area (Å²) in [5.74, 6) is 0.421. The molecule has 6 nitrogen and oxygen atoms in total. The number of carbonyl (C=O) groups excluding carboxylic acids is 1. The zero-order valence-corrected chi connectivity index (χ0v) is 20.0. The topological polar surface area (TPSA) is 84.5 Å². The summed E-state index contributed by atoms with van der Waals surface area (Å²) in [4.78, 5) is 12.6. The van der Waals surface area contributed by atoms with Crippen molar-refractivity contribution in [1.82, 2.24) is 4.72 Å². The van der Waals surface area contributed by atoms with Gasteiger partial charge in [-0.3, -0.25) is 4.79 Å². The zero-order valence-electron chi connectivity index (χ0n) is 19.2. The van der Waals surface area contributed by atoms with E-state index in [9.17, 15) is 13.2 Å². The maximum atomic E-state index is 12.5. The van der Waals surface area contributed by atoms with Gasteiger partial charge < -0.3 is 10.1 Å². The van der Waals surface area contributed by atoms with Crippen LogP contribution in [0.25, 0.3) is 0 Å². The zero-order chi connectivity index (χ0) is 23.8. The first-order chi connectivity index (χ1) is 15.8. The predicted octanol–water partition coefficient (Wildman–Crippen LogP) is 4.66. The summed E-state index contributed by atoms with van der Waals surface area (Å²) in [6, 6.07) is 21.6. The molecule has 0 aliphatic heterocycles. The lowest BCUT2D eigenvalue weighted by Crippen LogP contribution is -2.26. The molecule has 3 aromatic rings. The van der Waals surface area contributed by atoms with E-state index >= 15 is 0 Å². The van der Waals surface area contributed by atoms with E-state index in [4.69, 9.17) is 4.74 Å². The quantitative estimate of drug-likeness (QED) is 0.455. The molecule has 7 heteroatoms. The first-order valence-electron chi connectivity index (χ1n) is 10.9. The number of ether oxygens (including phenoxy) is 1. The molecule has 0 saturated carbocycles. The van der Waals surface area contributed by atoms with Gasteiger partial charge in [-0.25, -0.2) is 13.1 Å². The van der Waals surface area contributed by atoms with E-state index in [0.29, 0.717) is 18.7 Å². The fraction of sp³-hybridized carbons (Fsp3) is 0.269.